The topological polar surface area (TPSA) is 64.4 Å². The number of carbonyl (C=O) groups excluding carboxylic acids is 2. The quantitative estimate of drug-likeness (QED) is 0.204. The summed E-state index contributed by atoms with van der Waals surface area (Å²) in [7, 11) is 0. The second kappa shape index (κ2) is 13.9. The molecule has 3 rings (SSSR count). The average molecular weight is 522 g/mol. The van der Waals surface area contributed by atoms with Gasteiger partial charge in [0.15, 0.2) is 5.78 Å². The summed E-state index contributed by atoms with van der Waals surface area (Å²) in [5.41, 5.74) is 2.94. The average Bonchev–Trinajstić information content (AvgIpc) is 2.90. The first-order valence-corrected chi connectivity index (χ1v) is 13.4. The highest BCUT2D eigenvalue weighted by Crippen LogP contribution is 2.26. The number of rotatable bonds is 11. The van der Waals surface area contributed by atoms with E-state index in [1.165, 1.54) is 12.1 Å². The third-order valence-electron chi connectivity index (χ3n) is 7.27. The molecule has 2 aromatic rings. The number of nitriles is 1. The standard InChI is InChI=1S/C31H37F2N3O2/c1-22(2)30-21-35(31(38)7-5-4-6-24-8-10-25(11-9-24)23(3)37)18-19-36(30)28(16-17-34)14-12-26-20-27(32)13-15-29(26)33/h8-11,13,15-16,20,22,30H,4-7,12,14,18-19,21H2,1-3H3/b28-16-. The molecule has 1 amide bonds. The van der Waals surface area contributed by atoms with Gasteiger partial charge >= 0.3 is 0 Å². The summed E-state index contributed by atoms with van der Waals surface area (Å²) in [5.74, 6) is -0.513. The summed E-state index contributed by atoms with van der Waals surface area (Å²) >= 11 is 0. The molecule has 0 bridgehead atoms. The monoisotopic (exact) mass is 521 g/mol. The molecular weight excluding hydrogens is 484 g/mol. The number of carbonyl (C=O) groups is 2. The predicted octanol–water partition coefficient (Wildman–Crippen LogP) is 6.09. The van der Waals surface area contributed by atoms with Gasteiger partial charge in [0.2, 0.25) is 5.91 Å². The lowest BCUT2D eigenvalue weighted by Gasteiger charge is -2.45. The predicted molar refractivity (Wildman–Crippen MR) is 144 cm³/mol. The Kier molecular flexibility index (Phi) is 10.6. The normalized spacial score (nSPS) is 16.0. The number of hydrogen-bond acceptors (Lipinski definition) is 4. The van der Waals surface area contributed by atoms with Crippen molar-refractivity contribution in [3.8, 4) is 6.07 Å². The maximum Gasteiger partial charge on any atom is 0.222 e. The van der Waals surface area contributed by atoms with Crippen LogP contribution in [-0.2, 0) is 17.6 Å². The van der Waals surface area contributed by atoms with Crippen molar-refractivity contribution in [3.05, 3.63) is 82.6 Å². The van der Waals surface area contributed by atoms with Gasteiger partial charge in [0.25, 0.3) is 0 Å². The van der Waals surface area contributed by atoms with Crippen LogP contribution in [0.2, 0.25) is 0 Å². The summed E-state index contributed by atoms with van der Waals surface area (Å²) < 4.78 is 27.7. The number of amides is 1. The molecule has 2 aromatic carbocycles. The fourth-order valence-corrected chi connectivity index (χ4v) is 5.00. The van der Waals surface area contributed by atoms with Gasteiger partial charge in [0, 0.05) is 49.4 Å². The van der Waals surface area contributed by atoms with E-state index >= 15 is 0 Å². The van der Waals surface area contributed by atoms with Crippen molar-refractivity contribution in [2.75, 3.05) is 19.6 Å². The van der Waals surface area contributed by atoms with Crippen LogP contribution >= 0.6 is 0 Å². The molecule has 0 aliphatic carbocycles. The Morgan fingerprint density at radius 2 is 1.79 bits per heavy atom. The molecule has 5 nitrogen and oxygen atoms in total. The van der Waals surface area contributed by atoms with Gasteiger partial charge in [0.05, 0.1) is 6.07 Å². The Labute approximate surface area is 224 Å². The van der Waals surface area contributed by atoms with Crippen LogP contribution in [0.4, 0.5) is 8.78 Å². The van der Waals surface area contributed by atoms with Crippen molar-refractivity contribution in [2.45, 2.75) is 65.3 Å². The largest absolute Gasteiger partial charge is 0.367 e. The number of nitrogens with zero attached hydrogens (tertiary/aromatic N) is 3. The molecule has 1 heterocycles. The van der Waals surface area contributed by atoms with Gasteiger partial charge in [-0.25, -0.2) is 8.78 Å². The minimum absolute atomic E-state index is 0.0319. The zero-order chi connectivity index (χ0) is 27.7. The fourth-order valence-electron chi connectivity index (χ4n) is 5.00. The van der Waals surface area contributed by atoms with E-state index in [0.29, 0.717) is 50.0 Å². The third kappa shape index (κ3) is 7.98. The van der Waals surface area contributed by atoms with E-state index in [-0.39, 0.29) is 23.7 Å². The van der Waals surface area contributed by atoms with Crippen LogP contribution in [0.1, 0.15) is 67.9 Å². The molecule has 0 N–H and O–H groups in total. The number of unbranched alkanes of at least 4 members (excludes halogenated alkanes) is 1. The SMILES string of the molecule is CC(=O)c1ccc(CCCCC(=O)N2CCN(/C(=C\C#N)CCc3cc(F)ccc3F)C(C(C)C)C2)cc1. The molecule has 0 radical (unpaired) electrons. The minimum atomic E-state index is -0.481. The lowest BCUT2D eigenvalue weighted by molar-refractivity contribution is -0.134. The van der Waals surface area contributed by atoms with Gasteiger partial charge < -0.3 is 9.80 Å². The second-order valence-corrected chi connectivity index (χ2v) is 10.3. The molecule has 7 heteroatoms. The summed E-state index contributed by atoms with van der Waals surface area (Å²) in [4.78, 5) is 28.5. The van der Waals surface area contributed by atoms with E-state index < -0.39 is 11.6 Å². The molecule has 0 saturated carbocycles. The highest BCUT2D eigenvalue weighted by Gasteiger charge is 2.32. The van der Waals surface area contributed by atoms with Crippen molar-refractivity contribution in [3.63, 3.8) is 0 Å². The number of benzene rings is 2. The maximum atomic E-state index is 14.1. The summed E-state index contributed by atoms with van der Waals surface area (Å²) in [6.45, 7) is 7.47. The van der Waals surface area contributed by atoms with E-state index in [2.05, 4.69) is 24.8 Å². The first-order valence-electron chi connectivity index (χ1n) is 13.4. The van der Waals surface area contributed by atoms with Crippen molar-refractivity contribution in [1.29, 1.82) is 5.26 Å². The second-order valence-electron chi connectivity index (χ2n) is 10.3. The zero-order valence-electron chi connectivity index (χ0n) is 22.6. The van der Waals surface area contributed by atoms with Gasteiger partial charge in [-0.1, -0.05) is 38.1 Å². The number of ketones is 1. The van der Waals surface area contributed by atoms with Crippen LogP contribution in [-0.4, -0.2) is 47.2 Å². The van der Waals surface area contributed by atoms with Gasteiger partial charge in [-0.3, -0.25) is 9.59 Å². The summed E-state index contributed by atoms with van der Waals surface area (Å²) in [6.07, 6.45) is 5.23. The zero-order valence-corrected chi connectivity index (χ0v) is 22.6. The number of Topliss-reactive ketones (excluding diaryl/α,β-unsaturated/α-hetero) is 1. The number of piperazine rings is 1. The highest BCUT2D eigenvalue weighted by molar-refractivity contribution is 5.94. The summed E-state index contributed by atoms with van der Waals surface area (Å²) in [5, 5.41) is 9.40. The molecule has 0 aromatic heterocycles. The molecule has 1 aliphatic heterocycles. The maximum absolute atomic E-state index is 14.1. The van der Waals surface area contributed by atoms with Crippen LogP contribution < -0.4 is 0 Å². The van der Waals surface area contributed by atoms with Gasteiger partial charge in [-0.2, -0.15) is 5.26 Å². The van der Waals surface area contributed by atoms with E-state index in [0.717, 1.165) is 42.7 Å². The van der Waals surface area contributed by atoms with Crippen molar-refractivity contribution < 1.29 is 18.4 Å². The van der Waals surface area contributed by atoms with Gasteiger partial charge in [-0.05, 0) is 74.3 Å². The molecule has 0 spiro atoms. The lowest BCUT2D eigenvalue weighted by Crippen LogP contribution is -2.56. The molecule has 38 heavy (non-hydrogen) atoms. The van der Waals surface area contributed by atoms with Crippen molar-refractivity contribution >= 4 is 11.7 Å². The molecular formula is C31H37F2N3O2. The van der Waals surface area contributed by atoms with E-state index in [4.69, 9.17) is 0 Å². The van der Waals surface area contributed by atoms with Crippen LogP contribution in [0, 0.1) is 28.9 Å². The van der Waals surface area contributed by atoms with Gasteiger partial charge in [-0.15, -0.1) is 0 Å². The Balaban J connectivity index is 1.54. The third-order valence-corrected chi connectivity index (χ3v) is 7.27. The first-order chi connectivity index (χ1) is 18.2. The Bertz CT molecular complexity index is 1180. The van der Waals surface area contributed by atoms with Crippen LogP contribution in [0.3, 0.4) is 0 Å². The van der Waals surface area contributed by atoms with Crippen molar-refractivity contribution in [1.82, 2.24) is 9.80 Å². The van der Waals surface area contributed by atoms with Crippen LogP contribution in [0.15, 0.2) is 54.2 Å². The minimum Gasteiger partial charge on any atom is -0.367 e. The molecule has 202 valence electrons. The molecule has 1 atom stereocenters. The Morgan fingerprint density at radius 3 is 2.45 bits per heavy atom. The molecule has 1 aliphatic rings. The Morgan fingerprint density at radius 1 is 1.05 bits per heavy atom. The molecule has 1 fully saturated rings. The van der Waals surface area contributed by atoms with Gasteiger partial charge in [0.1, 0.15) is 11.6 Å². The van der Waals surface area contributed by atoms with Crippen LogP contribution in [0.5, 0.6) is 0 Å². The van der Waals surface area contributed by atoms with E-state index in [1.807, 2.05) is 29.2 Å². The first kappa shape index (κ1) is 29.0. The van der Waals surface area contributed by atoms with Crippen molar-refractivity contribution in [2.24, 2.45) is 5.92 Å². The van der Waals surface area contributed by atoms with E-state index in [1.54, 1.807) is 6.92 Å². The number of halogens is 2. The summed E-state index contributed by atoms with van der Waals surface area (Å²) in [6, 6.07) is 13.2. The van der Waals surface area contributed by atoms with E-state index in [9.17, 15) is 23.6 Å². The smallest absolute Gasteiger partial charge is 0.222 e. The number of hydrogen-bond donors (Lipinski definition) is 0. The fraction of sp³-hybridized carbons (Fsp3) is 0.452. The highest BCUT2D eigenvalue weighted by atomic mass is 19.1. The number of aryl methyl sites for hydroxylation is 2. The molecule has 1 unspecified atom stereocenters. The number of allylic oxidation sites excluding steroid dienone is 2. The Hall–Kier alpha value is -3.53. The molecule has 1 saturated heterocycles. The van der Waals surface area contributed by atoms with Crippen LogP contribution in [0.25, 0.3) is 0 Å². The lowest BCUT2D eigenvalue weighted by atomic mass is 9.96.